The Morgan fingerprint density at radius 3 is 2.62 bits per heavy atom. The van der Waals surface area contributed by atoms with Gasteiger partial charge in [0.05, 0.1) is 0 Å². The summed E-state index contributed by atoms with van der Waals surface area (Å²) in [5, 5.41) is 11.1. The Morgan fingerprint density at radius 1 is 1.54 bits per heavy atom. The maximum atomic E-state index is 12.6. The van der Waals surface area contributed by atoms with Gasteiger partial charge in [-0.15, -0.1) is 0 Å². The summed E-state index contributed by atoms with van der Waals surface area (Å²) in [4.78, 5) is 0. The minimum atomic E-state index is -4.23. The molecule has 0 aliphatic carbocycles. The normalized spacial score (nSPS) is 35.3. The SMILES string of the molecule is CC1(C(F)(F)F)NCCC1CCO. The van der Waals surface area contributed by atoms with Crippen molar-refractivity contribution in [2.24, 2.45) is 5.92 Å². The molecule has 1 aliphatic rings. The molecule has 0 radical (unpaired) electrons. The second-order valence-corrected chi connectivity index (χ2v) is 3.62. The van der Waals surface area contributed by atoms with Crippen molar-refractivity contribution in [1.29, 1.82) is 0 Å². The monoisotopic (exact) mass is 197 g/mol. The summed E-state index contributed by atoms with van der Waals surface area (Å²) >= 11 is 0. The van der Waals surface area contributed by atoms with Crippen molar-refractivity contribution in [2.45, 2.75) is 31.5 Å². The van der Waals surface area contributed by atoms with Crippen LogP contribution in [0.2, 0.25) is 0 Å². The summed E-state index contributed by atoms with van der Waals surface area (Å²) in [5.74, 6) is -0.502. The molecule has 1 saturated heterocycles. The molecule has 0 spiro atoms. The molecule has 0 saturated carbocycles. The van der Waals surface area contributed by atoms with Crippen molar-refractivity contribution in [3.63, 3.8) is 0 Å². The van der Waals surface area contributed by atoms with Crippen LogP contribution in [0.5, 0.6) is 0 Å². The van der Waals surface area contributed by atoms with Crippen molar-refractivity contribution in [2.75, 3.05) is 13.2 Å². The van der Waals surface area contributed by atoms with Crippen LogP contribution in [0, 0.1) is 5.92 Å². The maximum Gasteiger partial charge on any atom is 0.406 e. The van der Waals surface area contributed by atoms with Crippen molar-refractivity contribution >= 4 is 0 Å². The largest absolute Gasteiger partial charge is 0.406 e. The lowest BCUT2D eigenvalue weighted by atomic mass is 9.84. The molecule has 0 aromatic carbocycles. The van der Waals surface area contributed by atoms with Crippen molar-refractivity contribution in [3.8, 4) is 0 Å². The smallest absolute Gasteiger partial charge is 0.396 e. The lowest BCUT2D eigenvalue weighted by Crippen LogP contribution is -2.54. The van der Waals surface area contributed by atoms with E-state index in [1.54, 1.807) is 0 Å². The fourth-order valence-electron chi connectivity index (χ4n) is 1.86. The van der Waals surface area contributed by atoms with E-state index in [9.17, 15) is 13.2 Å². The molecule has 0 bridgehead atoms. The summed E-state index contributed by atoms with van der Waals surface area (Å²) in [6.45, 7) is 1.36. The molecule has 5 heteroatoms. The topological polar surface area (TPSA) is 32.3 Å². The van der Waals surface area contributed by atoms with E-state index in [4.69, 9.17) is 5.11 Å². The number of rotatable bonds is 2. The van der Waals surface area contributed by atoms with Crippen LogP contribution in [0.25, 0.3) is 0 Å². The van der Waals surface area contributed by atoms with E-state index in [1.165, 1.54) is 6.92 Å². The minimum Gasteiger partial charge on any atom is -0.396 e. The van der Waals surface area contributed by atoms with Crippen LogP contribution in [0.1, 0.15) is 19.8 Å². The lowest BCUT2D eigenvalue weighted by molar-refractivity contribution is -0.199. The Balaban J connectivity index is 2.75. The van der Waals surface area contributed by atoms with Crippen molar-refractivity contribution in [1.82, 2.24) is 5.32 Å². The van der Waals surface area contributed by atoms with E-state index in [1.807, 2.05) is 0 Å². The average Bonchev–Trinajstić information content (AvgIpc) is 2.33. The van der Waals surface area contributed by atoms with Crippen LogP contribution in [0.4, 0.5) is 13.2 Å². The number of hydrogen-bond acceptors (Lipinski definition) is 2. The lowest BCUT2D eigenvalue weighted by Gasteiger charge is -2.33. The van der Waals surface area contributed by atoms with Gasteiger partial charge in [0.15, 0.2) is 0 Å². The Morgan fingerprint density at radius 2 is 2.15 bits per heavy atom. The summed E-state index contributed by atoms with van der Waals surface area (Å²) < 4.78 is 37.7. The highest BCUT2D eigenvalue weighted by molar-refractivity contribution is 5.01. The van der Waals surface area contributed by atoms with Gasteiger partial charge < -0.3 is 10.4 Å². The zero-order valence-electron chi connectivity index (χ0n) is 7.49. The van der Waals surface area contributed by atoms with Gasteiger partial charge in [-0.05, 0) is 32.2 Å². The first-order chi connectivity index (χ1) is 5.92. The van der Waals surface area contributed by atoms with Crippen LogP contribution in [-0.2, 0) is 0 Å². The maximum absolute atomic E-state index is 12.6. The summed E-state index contributed by atoms with van der Waals surface area (Å²) in [5.41, 5.74) is -1.81. The highest BCUT2D eigenvalue weighted by atomic mass is 19.4. The third kappa shape index (κ3) is 1.81. The van der Waals surface area contributed by atoms with Crippen LogP contribution >= 0.6 is 0 Å². The third-order valence-corrected chi connectivity index (χ3v) is 2.87. The van der Waals surface area contributed by atoms with Crippen LogP contribution in [0.15, 0.2) is 0 Å². The Labute approximate surface area is 75.1 Å². The molecule has 0 amide bonds. The number of aliphatic hydroxyl groups excluding tert-OH is 1. The molecule has 13 heavy (non-hydrogen) atoms. The van der Waals surface area contributed by atoms with Gasteiger partial charge in [0.25, 0.3) is 0 Å². The summed E-state index contributed by atoms with van der Waals surface area (Å²) in [6, 6.07) is 0. The van der Waals surface area contributed by atoms with Gasteiger partial charge in [-0.3, -0.25) is 0 Å². The number of nitrogens with one attached hydrogen (secondary N) is 1. The van der Waals surface area contributed by atoms with Crippen LogP contribution < -0.4 is 5.32 Å². The molecule has 78 valence electrons. The van der Waals surface area contributed by atoms with E-state index in [2.05, 4.69) is 5.32 Å². The van der Waals surface area contributed by atoms with Gasteiger partial charge in [0.1, 0.15) is 5.54 Å². The van der Waals surface area contributed by atoms with Gasteiger partial charge in [0, 0.05) is 6.61 Å². The molecular formula is C8H14F3NO. The standard InChI is InChI=1S/C8H14F3NO/c1-7(8(9,10)11)6(3-5-13)2-4-12-7/h6,12-13H,2-5H2,1H3. The number of hydrogen-bond donors (Lipinski definition) is 2. The summed E-state index contributed by atoms with van der Waals surface area (Å²) in [7, 11) is 0. The van der Waals surface area contributed by atoms with E-state index < -0.39 is 17.6 Å². The molecule has 0 aromatic heterocycles. The Bertz CT molecular complexity index is 183. The molecule has 0 aromatic rings. The van der Waals surface area contributed by atoms with Crippen molar-refractivity contribution < 1.29 is 18.3 Å². The molecule has 2 nitrogen and oxygen atoms in total. The van der Waals surface area contributed by atoms with Gasteiger partial charge in [0.2, 0.25) is 0 Å². The molecule has 1 rings (SSSR count). The fraction of sp³-hybridized carbons (Fsp3) is 1.00. The molecule has 1 aliphatic heterocycles. The second-order valence-electron chi connectivity index (χ2n) is 3.62. The second kappa shape index (κ2) is 3.46. The Kier molecular flexibility index (Phi) is 2.87. The van der Waals surface area contributed by atoms with E-state index in [-0.39, 0.29) is 13.0 Å². The fourth-order valence-corrected chi connectivity index (χ4v) is 1.86. The first-order valence-corrected chi connectivity index (χ1v) is 4.34. The molecule has 1 heterocycles. The third-order valence-electron chi connectivity index (χ3n) is 2.87. The zero-order valence-corrected chi connectivity index (χ0v) is 7.49. The van der Waals surface area contributed by atoms with E-state index >= 15 is 0 Å². The molecule has 2 unspecified atom stereocenters. The minimum absolute atomic E-state index is 0.183. The van der Waals surface area contributed by atoms with Gasteiger partial charge >= 0.3 is 6.18 Å². The van der Waals surface area contributed by atoms with Crippen LogP contribution in [0.3, 0.4) is 0 Å². The highest BCUT2D eigenvalue weighted by Gasteiger charge is 2.57. The van der Waals surface area contributed by atoms with Crippen molar-refractivity contribution in [3.05, 3.63) is 0 Å². The molecule has 2 N–H and O–H groups in total. The highest BCUT2D eigenvalue weighted by Crippen LogP contribution is 2.41. The first kappa shape index (κ1) is 10.8. The van der Waals surface area contributed by atoms with E-state index in [0.717, 1.165) is 0 Å². The van der Waals surface area contributed by atoms with Gasteiger partial charge in [-0.25, -0.2) is 0 Å². The molecule has 2 atom stereocenters. The summed E-state index contributed by atoms with van der Waals surface area (Å²) in [6.07, 6.45) is -3.54. The zero-order chi connectivity index (χ0) is 10.1. The average molecular weight is 197 g/mol. The first-order valence-electron chi connectivity index (χ1n) is 4.34. The number of aliphatic hydroxyl groups is 1. The molecule has 1 fully saturated rings. The predicted octanol–water partition coefficient (Wildman–Crippen LogP) is 1.30. The van der Waals surface area contributed by atoms with Gasteiger partial charge in [-0.1, -0.05) is 0 Å². The Hall–Kier alpha value is -0.290. The van der Waals surface area contributed by atoms with Crippen LogP contribution in [-0.4, -0.2) is 30.0 Å². The van der Waals surface area contributed by atoms with E-state index in [0.29, 0.717) is 13.0 Å². The number of halogens is 3. The van der Waals surface area contributed by atoms with Gasteiger partial charge in [-0.2, -0.15) is 13.2 Å². The molecular weight excluding hydrogens is 183 g/mol. The quantitative estimate of drug-likeness (QED) is 0.699. The predicted molar refractivity (Wildman–Crippen MR) is 42.3 cm³/mol. The number of alkyl halides is 3.